The highest BCUT2D eigenvalue weighted by Gasteiger charge is 2.08. The molecular formula is C15H24ClNO4S. The molecule has 5 nitrogen and oxygen atoms in total. The molecular weight excluding hydrogens is 326 g/mol. The first-order chi connectivity index (χ1) is 10.5. The van der Waals surface area contributed by atoms with Gasteiger partial charge >= 0.3 is 0 Å². The van der Waals surface area contributed by atoms with Gasteiger partial charge < -0.3 is 9.47 Å². The van der Waals surface area contributed by atoms with Crippen molar-refractivity contribution < 1.29 is 17.9 Å². The molecule has 1 N–H and O–H groups in total. The third-order valence-electron chi connectivity index (χ3n) is 3.06. The molecule has 0 radical (unpaired) electrons. The van der Waals surface area contributed by atoms with Gasteiger partial charge in [0.1, 0.15) is 0 Å². The van der Waals surface area contributed by atoms with E-state index in [1.54, 1.807) is 7.11 Å². The molecule has 0 unspecified atom stereocenters. The molecule has 0 aliphatic heterocycles. The summed E-state index contributed by atoms with van der Waals surface area (Å²) in [6.45, 7) is 1.52. The lowest BCUT2D eigenvalue weighted by atomic mass is 10.1. The zero-order valence-electron chi connectivity index (χ0n) is 12.9. The van der Waals surface area contributed by atoms with Crippen LogP contribution in [0.1, 0.15) is 18.4 Å². The van der Waals surface area contributed by atoms with E-state index in [0.717, 1.165) is 24.3 Å². The fourth-order valence-electron chi connectivity index (χ4n) is 1.82. The van der Waals surface area contributed by atoms with E-state index in [9.17, 15) is 8.42 Å². The molecule has 0 atom stereocenters. The second-order valence-electron chi connectivity index (χ2n) is 4.90. The van der Waals surface area contributed by atoms with E-state index >= 15 is 0 Å². The number of hydrogen-bond donors (Lipinski definition) is 1. The van der Waals surface area contributed by atoms with Crippen LogP contribution in [0, 0.1) is 0 Å². The molecule has 1 aromatic rings. The minimum atomic E-state index is -3.25. The first kappa shape index (κ1) is 19.4. The third-order valence-corrected chi connectivity index (χ3v) is 4.66. The van der Waals surface area contributed by atoms with Crippen LogP contribution >= 0.6 is 11.6 Å². The zero-order chi connectivity index (χ0) is 16.3. The minimum absolute atomic E-state index is 0.0199. The van der Waals surface area contributed by atoms with E-state index in [0.29, 0.717) is 19.8 Å². The Kier molecular flexibility index (Phi) is 9.66. The van der Waals surface area contributed by atoms with Crippen LogP contribution in [-0.2, 0) is 25.9 Å². The normalized spacial score (nSPS) is 11.7. The number of hydrogen-bond acceptors (Lipinski definition) is 4. The number of rotatable bonds is 12. The first-order valence-corrected chi connectivity index (χ1v) is 9.35. The van der Waals surface area contributed by atoms with Gasteiger partial charge in [0.15, 0.2) is 0 Å². The highest BCUT2D eigenvalue weighted by molar-refractivity contribution is 7.89. The monoisotopic (exact) mass is 349 g/mol. The number of sulfonamides is 1. The van der Waals surface area contributed by atoms with Gasteiger partial charge in [-0.05, 0) is 37.0 Å². The summed E-state index contributed by atoms with van der Waals surface area (Å²) in [6.07, 6.45) is 2.64. The van der Waals surface area contributed by atoms with E-state index in [-0.39, 0.29) is 12.4 Å². The van der Waals surface area contributed by atoms with Gasteiger partial charge in [0.05, 0.1) is 25.6 Å². The maximum atomic E-state index is 11.7. The highest BCUT2D eigenvalue weighted by atomic mass is 35.5. The Morgan fingerprint density at radius 1 is 1.09 bits per heavy atom. The number of aryl methyl sites for hydroxylation is 1. The van der Waals surface area contributed by atoms with Crippen LogP contribution in [0.2, 0.25) is 5.02 Å². The lowest BCUT2D eigenvalue weighted by Gasteiger charge is -2.07. The van der Waals surface area contributed by atoms with Crippen molar-refractivity contribution >= 4 is 21.6 Å². The van der Waals surface area contributed by atoms with Gasteiger partial charge in [0.25, 0.3) is 0 Å². The quantitative estimate of drug-likeness (QED) is 0.588. The predicted molar refractivity (Wildman–Crippen MR) is 88.9 cm³/mol. The fraction of sp³-hybridized carbons (Fsp3) is 0.600. The lowest BCUT2D eigenvalue weighted by Crippen LogP contribution is -2.29. The highest BCUT2D eigenvalue weighted by Crippen LogP contribution is 2.11. The van der Waals surface area contributed by atoms with Crippen LogP contribution in [0.15, 0.2) is 24.3 Å². The average Bonchev–Trinajstić information content (AvgIpc) is 2.48. The Balaban J connectivity index is 2.08. The Morgan fingerprint density at radius 2 is 1.82 bits per heavy atom. The minimum Gasteiger partial charge on any atom is -0.382 e. The van der Waals surface area contributed by atoms with Gasteiger partial charge in [0.2, 0.25) is 10.0 Å². The van der Waals surface area contributed by atoms with Crippen LogP contribution in [0.3, 0.4) is 0 Å². The molecule has 1 rings (SSSR count). The average molecular weight is 350 g/mol. The summed E-state index contributed by atoms with van der Waals surface area (Å²) in [4.78, 5) is 0. The van der Waals surface area contributed by atoms with Crippen LogP contribution < -0.4 is 4.72 Å². The van der Waals surface area contributed by atoms with E-state index in [2.05, 4.69) is 4.72 Å². The summed E-state index contributed by atoms with van der Waals surface area (Å²) >= 11 is 5.82. The molecule has 0 saturated carbocycles. The van der Waals surface area contributed by atoms with Crippen molar-refractivity contribution in [1.29, 1.82) is 0 Å². The summed E-state index contributed by atoms with van der Waals surface area (Å²) in [5.41, 5.74) is 1.21. The topological polar surface area (TPSA) is 64.6 Å². The summed E-state index contributed by atoms with van der Waals surface area (Å²) in [7, 11) is -1.68. The summed E-state index contributed by atoms with van der Waals surface area (Å²) in [5, 5.41) is 0.726. The molecule has 126 valence electrons. The summed E-state index contributed by atoms with van der Waals surface area (Å²) < 4.78 is 35.9. The first-order valence-electron chi connectivity index (χ1n) is 7.32. The van der Waals surface area contributed by atoms with E-state index in [1.165, 1.54) is 5.56 Å². The number of benzene rings is 1. The standard InChI is InChI=1S/C15H24ClNO4S/c1-20-10-11-21-12-13-22(18,19)17-9-3-2-4-14-5-7-15(16)8-6-14/h5-8,17H,2-4,9-13H2,1H3. The van der Waals surface area contributed by atoms with E-state index in [4.69, 9.17) is 21.1 Å². The molecule has 0 bridgehead atoms. The van der Waals surface area contributed by atoms with Gasteiger partial charge in [-0.15, -0.1) is 0 Å². The second kappa shape index (κ2) is 11.0. The van der Waals surface area contributed by atoms with Gasteiger partial charge in [-0.2, -0.15) is 0 Å². The van der Waals surface area contributed by atoms with Crippen LogP contribution in [-0.4, -0.2) is 47.6 Å². The number of unbranched alkanes of at least 4 members (excludes halogenated alkanes) is 1. The Hall–Kier alpha value is -0.660. The number of nitrogens with one attached hydrogen (secondary N) is 1. The van der Waals surface area contributed by atoms with E-state index in [1.807, 2.05) is 24.3 Å². The number of halogens is 1. The molecule has 0 spiro atoms. The molecule has 0 heterocycles. The fourth-order valence-corrected chi connectivity index (χ4v) is 2.88. The summed E-state index contributed by atoms with van der Waals surface area (Å²) in [5.74, 6) is -0.0199. The maximum Gasteiger partial charge on any atom is 0.213 e. The maximum absolute atomic E-state index is 11.7. The van der Waals surface area contributed by atoms with E-state index < -0.39 is 10.0 Å². The van der Waals surface area contributed by atoms with Crippen molar-refractivity contribution in [3.05, 3.63) is 34.9 Å². The van der Waals surface area contributed by atoms with Crippen molar-refractivity contribution in [2.75, 3.05) is 39.2 Å². The van der Waals surface area contributed by atoms with Crippen molar-refractivity contribution in [1.82, 2.24) is 4.72 Å². The molecule has 7 heteroatoms. The summed E-state index contributed by atoms with van der Waals surface area (Å²) in [6, 6.07) is 7.71. The molecule has 1 aromatic carbocycles. The van der Waals surface area contributed by atoms with Gasteiger partial charge in [0, 0.05) is 18.7 Å². The number of methoxy groups -OCH3 is 1. The number of ether oxygens (including phenoxy) is 2. The zero-order valence-corrected chi connectivity index (χ0v) is 14.5. The largest absolute Gasteiger partial charge is 0.382 e. The van der Waals surface area contributed by atoms with Gasteiger partial charge in [-0.1, -0.05) is 23.7 Å². The van der Waals surface area contributed by atoms with Crippen molar-refractivity contribution in [2.24, 2.45) is 0 Å². The molecule has 0 amide bonds. The van der Waals surface area contributed by atoms with Crippen molar-refractivity contribution in [2.45, 2.75) is 19.3 Å². The predicted octanol–water partition coefficient (Wildman–Crippen LogP) is 2.25. The Bertz CT molecular complexity index is 505. The van der Waals surface area contributed by atoms with Crippen LogP contribution in [0.4, 0.5) is 0 Å². The van der Waals surface area contributed by atoms with Gasteiger partial charge in [-0.25, -0.2) is 13.1 Å². The lowest BCUT2D eigenvalue weighted by molar-refractivity contribution is 0.0784. The Morgan fingerprint density at radius 3 is 2.50 bits per heavy atom. The molecule has 0 aliphatic rings. The SMILES string of the molecule is COCCOCCS(=O)(=O)NCCCCc1ccc(Cl)cc1. The molecule has 22 heavy (non-hydrogen) atoms. The van der Waals surface area contributed by atoms with Gasteiger partial charge in [-0.3, -0.25) is 0 Å². The molecule has 0 fully saturated rings. The molecule has 0 aliphatic carbocycles. The molecule has 0 saturated heterocycles. The van der Waals surface area contributed by atoms with Crippen LogP contribution in [0.5, 0.6) is 0 Å². The smallest absolute Gasteiger partial charge is 0.213 e. The third kappa shape index (κ3) is 9.38. The second-order valence-corrected chi connectivity index (χ2v) is 7.26. The van der Waals surface area contributed by atoms with Crippen molar-refractivity contribution in [3.8, 4) is 0 Å². The van der Waals surface area contributed by atoms with Crippen molar-refractivity contribution in [3.63, 3.8) is 0 Å². The van der Waals surface area contributed by atoms with Crippen LogP contribution in [0.25, 0.3) is 0 Å². The Labute approximate surface area is 138 Å². The molecule has 0 aromatic heterocycles.